The van der Waals surface area contributed by atoms with Crippen molar-refractivity contribution in [1.82, 2.24) is 10.7 Å². The molecule has 5 atom stereocenters. The van der Waals surface area contributed by atoms with Gasteiger partial charge >= 0.3 is 5.97 Å². The maximum atomic E-state index is 12.2. The number of benzene rings is 2. The van der Waals surface area contributed by atoms with E-state index in [0.717, 1.165) is 6.42 Å². The lowest BCUT2D eigenvalue weighted by Gasteiger charge is -2.23. The second kappa shape index (κ2) is 19.3. The highest BCUT2D eigenvalue weighted by Crippen LogP contribution is 2.38. The lowest BCUT2D eigenvalue weighted by Crippen LogP contribution is -2.30. The molecule has 11 heteroatoms. The van der Waals surface area contributed by atoms with E-state index < -0.39 is 29.7 Å². The van der Waals surface area contributed by atoms with Crippen molar-refractivity contribution < 1.29 is 44.9 Å². The van der Waals surface area contributed by atoms with Crippen LogP contribution in [0.25, 0.3) is 0 Å². The minimum absolute atomic E-state index is 0.0572. The molecule has 1 aliphatic rings. The van der Waals surface area contributed by atoms with Gasteiger partial charge in [-0.1, -0.05) is 66.7 Å². The van der Waals surface area contributed by atoms with Gasteiger partial charge in [-0.15, -0.1) is 0 Å². The van der Waals surface area contributed by atoms with Crippen molar-refractivity contribution in [3.05, 3.63) is 83.4 Å². The van der Waals surface area contributed by atoms with Crippen LogP contribution in [0.4, 0.5) is 0 Å². The lowest BCUT2D eigenvalue weighted by molar-refractivity contribution is -0.497. The Morgan fingerprint density at radius 3 is 2.34 bits per heavy atom. The summed E-state index contributed by atoms with van der Waals surface area (Å²) < 4.78 is 5.21. The topological polar surface area (TPSA) is 169 Å². The van der Waals surface area contributed by atoms with Crippen LogP contribution in [0.1, 0.15) is 68.1 Å². The lowest BCUT2D eigenvalue weighted by atomic mass is 9.85. The highest BCUT2D eigenvalue weighted by atomic mass is 17.1. The molecule has 0 unspecified atom stereocenters. The maximum Gasteiger partial charge on any atom is 0.325 e. The maximum absolute atomic E-state index is 12.2. The van der Waals surface area contributed by atoms with Gasteiger partial charge in [-0.2, -0.15) is 0 Å². The number of ether oxygens (including phenoxy) is 1. The molecule has 6 N–H and O–H groups in total. The highest BCUT2D eigenvalue weighted by molar-refractivity contribution is 5.81. The summed E-state index contributed by atoms with van der Waals surface area (Å²) in [6.45, 7) is -0.452. The van der Waals surface area contributed by atoms with Crippen molar-refractivity contribution in [1.29, 1.82) is 0 Å². The molecule has 1 amide bonds. The summed E-state index contributed by atoms with van der Waals surface area (Å²) in [7, 11) is 0. The highest BCUT2D eigenvalue weighted by Gasteiger charge is 2.40. The molecule has 0 aromatic heterocycles. The first-order valence-corrected chi connectivity index (χ1v) is 15.3. The zero-order valence-corrected chi connectivity index (χ0v) is 25.0. The van der Waals surface area contributed by atoms with E-state index >= 15 is 0 Å². The van der Waals surface area contributed by atoms with Gasteiger partial charge in [-0.3, -0.25) is 20.0 Å². The number of esters is 1. The first-order chi connectivity index (χ1) is 21.2. The fourth-order valence-corrected chi connectivity index (χ4v) is 5.60. The molecule has 2 aromatic rings. The first kappa shape index (κ1) is 35.3. The normalized spacial score (nSPS) is 20.7. The smallest absolute Gasteiger partial charge is 0.325 e. The molecule has 0 bridgehead atoms. The minimum atomic E-state index is -0.601. The van der Waals surface area contributed by atoms with E-state index in [2.05, 4.69) is 10.2 Å². The van der Waals surface area contributed by atoms with Gasteiger partial charge in [-0.25, -0.2) is 4.84 Å². The predicted octanol–water partition coefficient (Wildman–Crippen LogP) is 3.61. The van der Waals surface area contributed by atoms with Crippen LogP contribution in [0.5, 0.6) is 0 Å². The summed E-state index contributed by atoms with van der Waals surface area (Å²) in [6, 6.07) is 16.9. The molecular formula is C33H46N2O9. The second-order valence-corrected chi connectivity index (χ2v) is 11.3. The molecule has 242 valence electrons. The molecule has 44 heavy (non-hydrogen) atoms. The molecule has 2 aromatic carbocycles. The quantitative estimate of drug-likeness (QED) is 0.0595. The van der Waals surface area contributed by atoms with Crippen molar-refractivity contribution in [3.8, 4) is 0 Å². The summed E-state index contributed by atoms with van der Waals surface area (Å²) in [5, 5.41) is 51.1. The van der Waals surface area contributed by atoms with Gasteiger partial charge in [0, 0.05) is 6.42 Å². The van der Waals surface area contributed by atoms with Gasteiger partial charge in [0.15, 0.2) is 0 Å². The number of aryl methyl sites for hydroxylation is 1. The first-order valence-electron chi connectivity index (χ1n) is 15.3. The number of amides is 1. The SMILES string of the molecule is O=C(CCC/C=C\C[C@@H]1[C@@H](CC[C@@H](O)CCc2ccccc2)[C@H](O)C[C@@H]1O)NCC(=O)OCc1ccccc1CON(O)O. The Morgan fingerprint density at radius 1 is 0.932 bits per heavy atom. The van der Waals surface area contributed by atoms with E-state index in [0.29, 0.717) is 56.1 Å². The van der Waals surface area contributed by atoms with E-state index in [4.69, 9.17) is 15.2 Å². The van der Waals surface area contributed by atoms with E-state index in [-0.39, 0.29) is 43.9 Å². The Morgan fingerprint density at radius 2 is 1.61 bits per heavy atom. The zero-order chi connectivity index (χ0) is 31.7. The molecule has 1 fully saturated rings. The van der Waals surface area contributed by atoms with E-state index in [1.165, 1.54) is 5.56 Å². The molecule has 11 nitrogen and oxygen atoms in total. The summed E-state index contributed by atoms with van der Waals surface area (Å²) in [5.74, 6) is -1.01. The van der Waals surface area contributed by atoms with E-state index in [9.17, 15) is 24.9 Å². The van der Waals surface area contributed by atoms with Crippen LogP contribution in [0.2, 0.25) is 0 Å². The minimum Gasteiger partial charge on any atom is -0.459 e. The second-order valence-electron chi connectivity index (χ2n) is 11.3. The number of aliphatic hydroxyl groups is 3. The summed E-state index contributed by atoms with van der Waals surface area (Å²) >= 11 is 0. The van der Waals surface area contributed by atoms with Crippen molar-refractivity contribution in [3.63, 3.8) is 0 Å². The van der Waals surface area contributed by atoms with Crippen LogP contribution in [0, 0.1) is 11.8 Å². The number of allylic oxidation sites excluding steroid dienone is 2. The standard InChI is InChI=1S/C33H46N2O9/c36-27(17-16-24-10-4-3-5-11-24)18-19-29-28(30(37)20-31(29)38)14-6-1-2-7-15-32(39)34-21-33(40)43-22-25-12-8-9-13-26(25)23-44-35(41)42/h1,3-6,8-13,27-31,36-38,41-42H,2,7,14-23H2,(H,34,39)/b6-1-/t27-,28+,29+,30-,31+/m0/s1. The van der Waals surface area contributed by atoms with Gasteiger partial charge < -0.3 is 25.4 Å². The number of carbonyl (C=O) groups excluding carboxylic acids is 2. The van der Waals surface area contributed by atoms with Gasteiger partial charge in [0.2, 0.25) is 5.91 Å². The van der Waals surface area contributed by atoms with Crippen molar-refractivity contribution in [2.24, 2.45) is 11.8 Å². The van der Waals surface area contributed by atoms with Gasteiger partial charge in [0.05, 0.1) is 30.3 Å². The molecule has 0 radical (unpaired) electrons. The number of aliphatic hydroxyl groups excluding tert-OH is 3. The van der Waals surface area contributed by atoms with Crippen LogP contribution in [0.3, 0.4) is 0 Å². The average molecular weight is 615 g/mol. The molecular weight excluding hydrogens is 568 g/mol. The Balaban J connectivity index is 1.29. The molecule has 0 spiro atoms. The van der Waals surface area contributed by atoms with Crippen LogP contribution >= 0.6 is 0 Å². The average Bonchev–Trinajstić information content (AvgIpc) is 3.29. The number of carbonyl (C=O) groups is 2. The summed E-state index contributed by atoms with van der Waals surface area (Å²) in [5.41, 5.74) is 2.42. The Hall–Kier alpha value is -3.16. The molecule has 0 heterocycles. The predicted molar refractivity (Wildman–Crippen MR) is 161 cm³/mol. The van der Waals surface area contributed by atoms with E-state index in [1.807, 2.05) is 42.5 Å². The third kappa shape index (κ3) is 12.8. The van der Waals surface area contributed by atoms with Crippen molar-refractivity contribution in [2.45, 2.75) is 89.3 Å². The van der Waals surface area contributed by atoms with Crippen molar-refractivity contribution >= 4 is 11.9 Å². The number of hydrogen-bond donors (Lipinski definition) is 6. The number of hydrogen-bond acceptors (Lipinski definition) is 10. The van der Waals surface area contributed by atoms with Crippen LogP contribution in [-0.4, -0.2) is 67.9 Å². The zero-order valence-electron chi connectivity index (χ0n) is 25.0. The number of nitrogens with one attached hydrogen (secondary N) is 1. The van der Waals surface area contributed by atoms with Gasteiger partial charge in [-0.05, 0) is 79.9 Å². The fourth-order valence-electron chi connectivity index (χ4n) is 5.60. The van der Waals surface area contributed by atoms with Gasteiger partial charge in [0.1, 0.15) is 13.2 Å². The fraction of sp³-hybridized carbons (Fsp3) is 0.515. The third-order valence-electron chi connectivity index (χ3n) is 8.09. The van der Waals surface area contributed by atoms with Gasteiger partial charge in [0.25, 0.3) is 0 Å². The molecule has 1 aliphatic carbocycles. The summed E-state index contributed by atoms with van der Waals surface area (Å²) in [6.07, 6.45) is 7.50. The Bertz CT molecular complexity index is 1160. The monoisotopic (exact) mass is 614 g/mol. The number of rotatable bonds is 19. The largest absolute Gasteiger partial charge is 0.459 e. The molecule has 1 saturated carbocycles. The number of unbranched alkanes of at least 4 members (excludes halogenated alkanes) is 1. The van der Waals surface area contributed by atoms with Crippen LogP contribution < -0.4 is 5.32 Å². The Kier molecular flexibility index (Phi) is 15.5. The molecule has 3 rings (SSSR count). The van der Waals surface area contributed by atoms with E-state index in [1.54, 1.807) is 24.3 Å². The molecule has 0 aliphatic heterocycles. The Labute approximate surface area is 258 Å². The van der Waals surface area contributed by atoms with Crippen LogP contribution in [-0.2, 0) is 38.8 Å². The summed E-state index contributed by atoms with van der Waals surface area (Å²) in [4.78, 5) is 28.8. The van der Waals surface area contributed by atoms with Crippen LogP contribution in [0.15, 0.2) is 66.7 Å². The third-order valence-corrected chi connectivity index (χ3v) is 8.09. The van der Waals surface area contributed by atoms with Crippen molar-refractivity contribution in [2.75, 3.05) is 6.54 Å². The number of nitrogens with zero attached hydrogens (tertiary/aromatic N) is 1. The molecule has 0 saturated heterocycles.